The van der Waals surface area contributed by atoms with E-state index in [2.05, 4.69) is 93.0 Å². The van der Waals surface area contributed by atoms with Gasteiger partial charge in [-0.1, -0.05) is 66.1 Å². The number of halogens is 16. The first-order valence-corrected chi connectivity index (χ1v) is 47.8. The molecule has 0 unspecified atom stereocenters. The van der Waals surface area contributed by atoms with Crippen LogP contribution in [0.4, 0.5) is 70.2 Å². The molecule has 7 amide bonds. The molecule has 5 fully saturated rings. The lowest BCUT2D eigenvalue weighted by molar-refractivity contribution is -0.289. The van der Waals surface area contributed by atoms with Crippen molar-refractivity contribution in [1.82, 2.24) is 75.4 Å². The molecule has 17 rings (SSSR count). The highest BCUT2D eigenvalue weighted by molar-refractivity contribution is 7.19. The van der Waals surface area contributed by atoms with Crippen molar-refractivity contribution < 1.29 is 128 Å². The van der Waals surface area contributed by atoms with Crippen molar-refractivity contribution in [3.63, 3.8) is 0 Å². The molecule has 12 heterocycles. The number of pyridine rings is 4. The lowest BCUT2D eigenvalue weighted by Gasteiger charge is -2.27. The first-order valence-electron chi connectivity index (χ1n) is 44.6. The molecule has 12 aromatic rings. The summed E-state index contributed by atoms with van der Waals surface area (Å²) in [5.41, 5.74) is 1.48. The summed E-state index contributed by atoms with van der Waals surface area (Å²) in [7, 11) is 7.87. The maximum atomic E-state index is 15.0. The Morgan fingerprint density at radius 1 is 0.420 bits per heavy atom. The molecule has 5 N–H and O–H groups in total. The van der Waals surface area contributed by atoms with E-state index < -0.39 is 163 Å². The van der Waals surface area contributed by atoms with Gasteiger partial charge in [0, 0.05) is 48.5 Å². The highest BCUT2D eigenvalue weighted by Gasteiger charge is 2.64. The molecule has 4 aliphatic heterocycles. The van der Waals surface area contributed by atoms with Gasteiger partial charge in [0.2, 0.25) is 17.7 Å². The van der Waals surface area contributed by atoms with E-state index >= 15 is 4.39 Å². The van der Waals surface area contributed by atoms with E-state index in [-0.39, 0.29) is 87.8 Å². The standard InChI is InChI=1S/C25H28F2N4O3S.C23H19F7N4O3S.C22H22F2N4O3S.C18H12F5N3O2S.C7H13NO/c1-25(2,3)15-11-17-24(28-12-15)35-19(29-17)13-34-18-6-5-16(26)20(21(18)27)23(33)30-22(32)14-7-9-31(4)10-8-14;1-34-6-4-11(5-7-34)19(35)33-20(36)17-13(24)2-3-15(18(17)25)37-10-16-32-14-8-12(9-31-21(14)38-16)22(26,27)23(28,29)30;1-12-9-15-22(25-10-12)32-17(26-15)11-31-16-4-3-14(23)18(19(16)24)21(30)27-20(29)13-5-7-28(2)8-6-13;19-9-1-2-11(14(20)13(9)15(24)27)28-7-12-26-10-5-8(6-25-16(10)29-12)17(3-4-17)18(21,22)23;1-8-4-2-7(6-9)3-5-8/h5-6,11-12,14H,7-10,13H2,1-4H3,(H,30,32,33);2-3,8-9,11H,4-7,10H2,1H3,(H,33,35,36);3-4,9-10,13H,5-8,11H2,1-2H3,(H,27,29,30);1-2,5-6H,3-4,7H2,(H2,24,27);6-7H,2-5H2,1H3. The number of benzene rings is 4. The number of piperidine rings is 4. The Hall–Kier alpha value is -12.5. The quantitative estimate of drug-likeness (QED) is 0.0278. The summed E-state index contributed by atoms with van der Waals surface area (Å²) in [6.07, 6.45) is 1.45. The van der Waals surface area contributed by atoms with Crippen LogP contribution < -0.4 is 40.6 Å². The Labute approximate surface area is 821 Å². The summed E-state index contributed by atoms with van der Waals surface area (Å²) in [6, 6.07) is 13.4. The zero-order valence-electron chi connectivity index (χ0n) is 77.7. The fourth-order valence-electron chi connectivity index (χ4n) is 15.5. The van der Waals surface area contributed by atoms with Crippen molar-refractivity contribution in [2.75, 3.05) is 80.5 Å². The minimum absolute atomic E-state index is 0.00975. The van der Waals surface area contributed by atoms with Crippen molar-refractivity contribution in [3.8, 4) is 23.0 Å². The second-order valence-electron chi connectivity index (χ2n) is 35.7. The number of nitrogens with one attached hydrogen (secondary N) is 3. The molecule has 1 saturated carbocycles. The van der Waals surface area contributed by atoms with E-state index in [1.54, 1.807) is 6.20 Å². The molecule has 0 atom stereocenters. The number of aryl methyl sites for hydroxylation is 1. The maximum absolute atomic E-state index is 15.0. The van der Waals surface area contributed by atoms with E-state index in [0.717, 1.165) is 150 Å². The Morgan fingerprint density at radius 2 is 0.713 bits per heavy atom. The number of fused-ring (bicyclic) bond motifs is 4. The normalized spacial score (nSPS) is 15.9. The van der Waals surface area contributed by atoms with Crippen LogP contribution in [0.3, 0.4) is 0 Å². The van der Waals surface area contributed by atoms with Crippen molar-refractivity contribution >= 4 is 134 Å². The molecule has 8 aromatic heterocycles. The number of ether oxygens (including phenoxy) is 4. The SMILES string of the molecule is CN1CCC(C(=O)NC(=O)c2c(F)ccc(OCc3nc4cc(C(C)(C)C)cnc4s3)c2F)CC1.CN1CCC(C(=O)NC(=O)c2c(F)ccc(OCc3nc4cc(C(F)(F)C(F)(F)F)cnc4s3)c2F)CC1.CN1CCC(C=O)CC1.Cc1cnc2sc(COc3ccc(F)c(C(=O)NC(=O)C4CCN(C)CC4)c3F)nc2c1.NC(=O)c1c(F)ccc(OCc2nc3cc(C4(C(F)(F)F)CC4)cnc3s2)c1F. The summed E-state index contributed by atoms with van der Waals surface area (Å²) in [6.45, 7) is 13.6. The maximum Gasteiger partial charge on any atom is 0.458 e. The Morgan fingerprint density at radius 3 is 1.03 bits per heavy atom. The minimum Gasteiger partial charge on any atom is -0.483 e. The van der Waals surface area contributed by atoms with Crippen molar-refractivity contribution in [2.24, 2.45) is 29.4 Å². The zero-order valence-corrected chi connectivity index (χ0v) is 81.0. The Balaban J connectivity index is 0.000000156. The number of likely N-dealkylation sites (tertiary alicyclic amines) is 4. The van der Waals surface area contributed by atoms with Crippen LogP contribution in [0, 0.1) is 77.1 Å². The number of rotatable bonds is 22. The number of imide groups is 3. The topological polar surface area (TPSA) is 352 Å². The van der Waals surface area contributed by atoms with Crippen molar-refractivity contribution in [1.29, 1.82) is 0 Å². The Kier molecular flexibility index (Phi) is 34.4. The van der Waals surface area contributed by atoms with Gasteiger partial charge in [-0.2, -0.15) is 35.1 Å². The number of aldehydes is 1. The predicted molar refractivity (Wildman–Crippen MR) is 496 cm³/mol. The first-order chi connectivity index (χ1) is 67.6. The molecule has 5 aliphatic rings. The minimum atomic E-state index is -5.83. The van der Waals surface area contributed by atoms with Gasteiger partial charge in [-0.25, -0.2) is 75.0 Å². The van der Waals surface area contributed by atoms with Gasteiger partial charge >= 0.3 is 18.3 Å². The number of thiazole rings is 4. The molecule has 48 heteroatoms. The second kappa shape index (κ2) is 45.6. The molecule has 4 aromatic carbocycles. The molecular formula is C95H94F16N16O12S4. The average molecular weight is 2080 g/mol. The number of hydrogen-bond donors (Lipinski definition) is 4. The van der Waals surface area contributed by atoms with E-state index in [1.807, 2.05) is 56.6 Å². The number of primary amides is 1. The number of aromatic nitrogens is 8. The third-order valence-electron chi connectivity index (χ3n) is 24.2. The van der Waals surface area contributed by atoms with Gasteiger partial charge in [0.25, 0.3) is 23.6 Å². The highest BCUT2D eigenvalue weighted by atomic mass is 32.1. The van der Waals surface area contributed by atoms with Crippen LogP contribution in [0.25, 0.3) is 41.4 Å². The summed E-state index contributed by atoms with van der Waals surface area (Å²) >= 11 is 4.46. The van der Waals surface area contributed by atoms with Crippen molar-refractivity contribution in [2.45, 2.75) is 147 Å². The van der Waals surface area contributed by atoms with Gasteiger partial charge in [0.05, 0.1) is 11.0 Å². The smallest absolute Gasteiger partial charge is 0.458 e. The van der Waals surface area contributed by atoms with Crippen LogP contribution in [0.5, 0.6) is 23.0 Å². The predicted octanol–water partition coefficient (Wildman–Crippen LogP) is 17.5. The average Bonchev–Trinajstić information content (AvgIpc) is 1.57. The van der Waals surface area contributed by atoms with E-state index in [0.29, 0.717) is 101 Å². The number of alkyl halides is 8. The van der Waals surface area contributed by atoms with Crippen molar-refractivity contribution in [3.05, 3.63) is 209 Å². The van der Waals surface area contributed by atoms with Crippen LogP contribution in [-0.2, 0) is 62.4 Å². The first kappa shape index (κ1) is 108. The second-order valence-corrected chi connectivity index (χ2v) is 40.0. The van der Waals surface area contributed by atoms with E-state index in [9.17, 15) is 104 Å². The number of nitrogens with two attached hydrogens (primary N) is 1. The lowest BCUT2D eigenvalue weighted by atomic mass is 9.88. The van der Waals surface area contributed by atoms with Crippen LogP contribution >= 0.6 is 45.3 Å². The van der Waals surface area contributed by atoms with Gasteiger partial charge in [-0.3, -0.25) is 49.5 Å². The summed E-state index contributed by atoms with van der Waals surface area (Å²) in [5, 5.41) is 7.78. The van der Waals surface area contributed by atoms with Gasteiger partial charge in [-0.05, 0) is 247 Å². The molecule has 4 saturated heterocycles. The van der Waals surface area contributed by atoms with Crippen LogP contribution in [0.2, 0.25) is 0 Å². The fraction of sp³-hybridized carbons (Fsp3) is 0.411. The lowest BCUT2D eigenvalue weighted by Crippen LogP contribution is -2.41. The van der Waals surface area contributed by atoms with Gasteiger partial charge < -0.3 is 49.1 Å². The van der Waals surface area contributed by atoms with Gasteiger partial charge in [0.15, 0.2) is 46.3 Å². The van der Waals surface area contributed by atoms with E-state index in [4.69, 9.17) is 24.7 Å². The molecule has 0 spiro atoms. The molecular weight excluding hydrogens is 1990 g/mol. The molecule has 0 radical (unpaired) electrons. The third kappa shape index (κ3) is 26.4. The highest BCUT2D eigenvalue weighted by Crippen LogP contribution is 2.59. The third-order valence-corrected chi connectivity index (χ3v) is 28.0. The zero-order chi connectivity index (χ0) is 104. The number of hydrogen-bond acceptors (Lipinski definition) is 28. The van der Waals surface area contributed by atoms with Crippen LogP contribution in [0.1, 0.15) is 169 Å². The largest absolute Gasteiger partial charge is 0.483 e. The molecule has 0 bridgehead atoms. The number of nitrogens with zero attached hydrogens (tertiary/aromatic N) is 12. The van der Waals surface area contributed by atoms with E-state index in [1.165, 1.54) is 34.9 Å². The fourth-order valence-corrected chi connectivity index (χ4v) is 18.7. The summed E-state index contributed by atoms with van der Waals surface area (Å²) in [5.74, 6) is -23.5. The number of carbonyl (C=O) groups is 8. The monoisotopic (exact) mass is 2080 g/mol. The summed E-state index contributed by atoms with van der Waals surface area (Å²) in [4.78, 5) is 140. The Bertz CT molecular complexity index is 6730. The van der Waals surface area contributed by atoms with Crippen LogP contribution in [-0.4, -0.2) is 200 Å². The molecule has 28 nitrogen and oxygen atoms in total. The molecule has 762 valence electrons. The van der Waals surface area contributed by atoms with Crippen LogP contribution in [0.15, 0.2) is 97.6 Å². The number of carbonyl (C=O) groups excluding carboxylic acids is 8. The van der Waals surface area contributed by atoms with Gasteiger partial charge in [0.1, 0.15) is 140 Å². The number of amides is 7. The van der Waals surface area contributed by atoms with Gasteiger partial charge in [-0.15, -0.1) is 0 Å². The summed E-state index contributed by atoms with van der Waals surface area (Å²) < 4.78 is 242. The molecule has 143 heavy (non-hydrogen) atoms. The molecule has 1 aliphatic carbocycles.